The predicted octanol–water partition coefficient (Wildman–Crippen LogP) is 1.28. The molecule has 0 radical (unpaired) electrons. The molecule has 0 spiro atoms. The Morgan fingerprint density at radius 3 is 0.963 bits per heavy atom. The van der Waals surface area contributed by atoms with Crippen molar-refractivity contribution in [3.05, 3.63) is 25.3 Å². The van der Waals surface area contributed by atoms with Gasteiger partial charge in [0.1, 0.15) is 0 Å². The molecule has 0 fully saturated rings. The van der Waals surface area contributed by atoms with Crippen LogP contribution in [-0.4, -0.2) is 50.8 Å². The van der Waals surface area contributed by atoms with Crippen molar-refractivity contribution in [2.24, 2.45) is 30.9 Å². The number of nitrogens with zero attached hydrogens (tertiary/aromatic N) is 6. The number of rotatable bonds is 4. The summed E-state index contributed by atoms with van der Waals surface area (Å²) in [4.78, 5) is 0. The van der Waals surface area contributed by atoms with Crippen LogP contribution in [0, 0.1) is 0 Å². The van der Waals surface area contributed by atoms with E-state index in [0.717, 1.165) is 0 Å². The molecule has 0 aromatic carbocycles. The summed E-state index contributed by atoms with van der Waals surface area (Å²) in [6.45, 7) is 2.09. The Balaban J connectivity index is 0.00000364. The Hall–Kier alpha value is -3.05. The molecule has 144 valence electrons. The third-order valence-corrected chi connectivity index (χ3v) is 2.80. The maximum absolute atomic E-state index is 5.26. The Labute approximate surface area is 165 Å². The normalized spacial score (nSPS) is 33.6. The van der Waals surface area contributed by atoms with Crippen molar-refractivity contribution in [3.8, 4) is 0 Å². The van der Waals surface area contributed by atoms with Crippen molar-refractivity contribution in [1.82, 2.24) is 0 Å². The molecular weight excluding hydrogens is 402 g/mol. The molecule has 0 atom stereocenters. The third kappa shape index (κ3) is 6.99. The molecule has 2 bridgehead atoms. The number of allylic oxidation sites excluding steroid dienone is 2. The molecule has 0 unspecified atom stereocenters. The van der Waals surface area contributed by atoms with Gasteiger partial charge in [0.15, 0.2) is 0 Å². The second kappa shape index (κ2) is 11.5. The summed E-state index contributed by atoms with van der Waals surface area (Å²) in [6.07, 6.45) is 10.2. The van der Waals surface area contributed by atoms with Gasteiger partial charge in [0.2, 0.25) is 0 Å². The van der Waals surface area contributed by atoms with Gasteiger partial charge < -0.3 is 28.5 Å². The van der Waals surface area contributed by atoms with Gasteiger partial charge in [0, 0.05) is 0 Å². The topological polar surface area (TPSA) is 130 Å². The van der Waals surface area contributed by atoms with Gasteiger partial charge in [-0.25, -0.2) is 0 Å². The zero-order valence-corrected chi connectivity index (χ0v) is 15.2. The molecule has 3 heterocycles. The average molecular weight is 418 g/mol. The van der Waals surface area contributed by atoms with E-state index in [1.165, 1.54) is 49.4 Å². The summed E-state index contributed by atoms with van der Waals surface area (Å²) in [5, 5.41) is 22.1. The van der Waals surface area contributed by atoms with Crippen molar-refractivity contribution < 1.29 is 45.6 Å². The summed E-state index contributed by atoms with van der Waals surface area (Å²) in [5.74, 6) is 0. The molecule has 0 aromatic rings. The number of hydrogen-bond donors (Lipinski definition) is 0. The fourth-order valence-electron chi connectivity index (χ4n) is 1.71. The molecule has 0 N–H and O–H groups in total. The van der Waals surface area contributed by atoms with Gasteiger partial charge in [-0.2, -0.15) is 0 Å². The van der Waals surface area contributed by atoms with E-state index >= 15 is 0 Å². The van der Waals surface area contributed by atoms with Crippen molar-refractivity contribution in [2.45, 2.75) is 12.6 Å². The Kier molecular flexibility index (Phi) is 9.40. The third-order valence-electron chi connectivity index (χ3n) is 2.80. The van der Waals surface area contributed by atoms with Crippen molar-refractivity contribution in [2.75, 3.05) is 0 Å². The summed E-state index contributed by atoms with van der Waals surface area (Å²) >= 11 is 0. The van der Waals surface area contributed by atoms with E-state index in [1.807, 2.05) is 0 Å². The zero-order valence-electron chi connectivity index (χ0n) is 14.1. The largest absolute Gasteiger partial charge is 2.00 e. The molecule has 0 aromatic heterocycles. The van der Waals surface area contributed by atoms with Gasteiger partial charge in [-0.1, -0.05) is 0 Å². The van der Waals surface area contributed by atoms with Gasteiger partial charge >= 0.3 is 30.6 Å². The van der Waals surface area contributed by atoms with E-state index in [4.69, 9.17) is 28.5 Å². The van der Waals surface area contributed by atoms with Crippen LogP contribution in [0.4, 0.5) is 0 Å². The Morgan fingerprint density at radius 1 is 0.556 bits per heavy atom. The molecule has 15 heteroatoms. The van der Waals surface area contributed by atoms with E-state index in [9.17, 15) is 0 Å². The molecular formula is C12H16B2FeN6O6. The van der Waals surface area contributed by atoms with E-state index in [-0.39, 0.29) is 29.7 Å². The fraction of sp³-hybridized carbons (Fsp3) is 0.167. The van der Waals surface area contributed by atoms with Crippen LogP contribution in [0.1, 0.15) is 0 Å². The second-order valence-electron chi connectivity index (χ2n) is 4.79. The number of oxime groups is 6. The minimum absolute atomic E-state index is 0. The Morgan fingerprint density at radius 2 is 0.778 bits per heavy atom. The molecule has 3 aliphatic heterocycles. The van der Waals surface area contributed by atoms with E-state index < -0.39 is 13.5 Å². The average Bonchev–Trinajstić information content (AvgIpc) is 2.63. The maximum Gasteiger partial charge on any atom is 2.00 e. The van der Waals surface area contributed by atoms with Gasteiger partial charge in [-0.3, -0.25) is 0 Å². The summed E-state index contributed by atoms with van der Waals surface area (Å²) in [7, 11) is 0. The molecule has 3 rings (SSSR count). The zero-order chi connectivity index (χ0) is 18.6. The first-order chi connectivity index (χ1) is 12.7. The van der Waals surface area contributed by atoms with Gasteiger partial charge in [0.05, 0.1) is 37.3 Å². The van der Waals surface area contributed by atoms with Crippen LogP contribution >= 0.6 is 0 Å². The Bertz CT molecular complexity index is 543. The smallest absolute Gasteiger partial charge is 0.540 e. The summed E-state index contributed by atoms with van der Waals surface area (Å²) in [6, 6.07) is 0. The molecule has 3 aliphatic rings. The van der Waals surface area contributed by atoms with Crippen LogP contribution in [0.3, 0.4) is 0 Å². The van der Waals surface area contributed by atoms with Gasteiger partial charge in [-0.05, 0) is 12.6 Å². The number of hydrogen-bond acceptors (Lipinski definition) is 12. The van der Waals surface area contributed by atoms with Crippen molar-refractivity contribution in [3.63, 3.8) is 0 Å². The van der Waals surface area contributed by atoms with Gasteiger partial charge in [0.25, 0.3) is 0 Å². The molecule has 0 saturated carbocycles. The molecule has 0 aliphatic carbocycles. The van der Waals surface area contributed by atoms with Crippen LogP contribution in [0.2, 0.25) is 12.6 Å². The second-order valence-corrected chi connectivity index (χ2v) is 4.79. The first-order valence-corrected chi connectivity index (χ1v) is 7.51. The summed E-state index contributed by atoms with van der Waals surface area (Å²) in [5.41, 5.74) is 0. The van der Waals surface area contributed by atoms with Crippen LogP contribution in [-0.2, 0) is 45.6 Å². The van der Waals surface area contributed by atoms with Crippen LogP contribution < -0.4 is 0 Å². The van der Waals surface area contributed by atoms with Crippen LogP contribution in [0.15, 0.2) is 56.2 Å². The number of fused-ring (bicyclic) bond motifs is 9. The maximum atomic E-state index is 5.26. The molecule has 27 heavy (non-hydrogen) atoms. The van der Waals surface area contributed by atoms with Crippen LogP contribution in [0.5, 0.6) is 0 Å². The minimum atomic E-state index is -2.56. The van der Waals surface area contributed by atoms with E-state index in [1.54, 1.807) is 0 Å². The first-order valence-electron chi connectivity index (χ1n) is 7.51. The SMILES string of the molecule is C=CC[B-]12O/N=C/C=N/O[B-](CC=C)(O/N=C/C=N/O1)O/N=C/C=N/O2.[Fe+2]. The van der Waals surface area contributed by atoms with E-state index in [2.05, 4.69) is 44.1 Å². The van der Waals surface area contributed by atoms with Crippen LogP contribution in [0.25, 0.3) is 0 Å². The first kappa shape index (κ1) is 22.0. The van der Waals surface area contributed by atoms with Gasteiger partial charge in [-0.15, -0.1) is 56.2 Å². The quantitative estimate of drug-likeness (QED) is 0.500. The fourth-order valence-corrected chi connectivity index (χ4v) is 1.71. The predicted molar refractivity (Wildman–Crippen MR) is 99.0 cm³/mol. The van der Waals surface area contributed by atoms with Crippen molar-refractivity contribution in [1.29, 1.82) is 0 Å². The molecule has 12 nitrogen and oxygen atoms in total. The van der Waals surface area contributed by atoms with Crippen molar-refractivity contribution >= 4 is 50.8 Å². The molecule has 0 saturated heterocycles. The van der Waals surface area contributed by atoms with E-state index in [0.29, 0.717) is 0 Å². The summed E-state index contributed by atoms with van der Waals surface area (Å²) < 4.78 is 31.6. The molecule has 0 amide bonds. The monoisotopic (exact) mass is 418 g/mol. The standard InChI is InChI=1S/C12H16B2N6O6.Fe/c1-3-5-13-21-15-7-10-18-24-14(6-4-2,25-19-11-8-16-22-13)26-20-12-9-17-23-13;/h3-4,7-12H,1-2,5-6H2;/q-2;+2/b15-7+,16-8+,17-9+,18-10+,19-11+,20-12+;. The minimum Gasteiger partial charge on any atom is -0.540 e.